The Bertz CT molecular complexity index is 949. The Morgan fingerprint density at radius 2 is 1.77 bits per heavy atom. The summed E-state index contributed by atoms with van der Waals surface area (Å²) in [6.45, 7) is 1.38. The molecule has 0 radical (unpaired) electrons. The van der Waals surface area contributed by atoms with Gasteiger partial charge in [0.25, 0.3) is 11.8 Å². The molecule has 0 aliphatic carbocycles. The number of esters is 1. The van der Waals surface area contributed by atoms with Gasteiger partial charge in [0, 0.05) is 43.9 Å². The molecule has 1 aliphatic heterocycles. The third-order valence-electron chi connectivity index (χ3n) is 4.83. The van der Waals surface area contributed by atoms with Gasteiger partial charge in [0.15, 0.2) is 6.61 Å². The second-order valence-corrected chi connectivity index (χ2v) is 7.65. The zero-order valence-electron chi connectivity index (χ0n) is 17.4. The molecule has 0 saturated carbocycles. The highest BCUT2D eigenvalue weighted by Gasteiger charge is 2.25. The van der Waals surface area contributed by atoms with Crippen molar-refractivity contribution in [3.8, 4) is 11.5 Å². The van der Waals surface area contributed by atoms with Crippen LogP contribution in [0.5, 0.6) is 11.5 Å². The van der Waals surface area contributed by atoms with Crippen LogP contribution in [0.1, 0.15) is 15.2 Å². The molecule has 2 heterocycles. The van der Waals surface area contributed by atoms with Crippen molar-refractivity contribution in [2.75, 3.05) is 47.0 Å². The molecule has 1 fully saturated rings. The number of benzene rings is 1. The van der Waals surface area contributed by atoms with E-state index in [9.17, 15) is 14.4 Å². The molecule has 0 unspecified atom stereocenters. The van der Waals surface area contributed by atoms with Gasteiger partial charge in [0.2, 0.25) is 0 Å². The van der Waals surface area contributed by atoms with Gasteiger partial charge < -0.3 is 24.0 Å². The van der Waals surface area contributed by atoms with Crippen molar-refractivity contribution in [3.63, 3.8) is 0 Å². The first kappa shape index (κ1) is 22.4. The fraction of sp³-hybridized carbons (Fsp3) is 0.318. The highest BCUT2D eigenvalue weighted by Crippen LogP contribution is 2.25. The molecule has 2 aromatic rings. The van der Waals surface area contributed by atoms with Gasteiger partial charge in [-0.3, -0.25) is 9.59 Å². The van der Waals surface area contributed by atoms with E-state index >= 15 is 0 Å². The van der Waals surface area contributed by atoms with Crippen LogP contribution < -0.4 is 9.47 Å². The second-order valence-electron chi connectivity index (χ2n) is 6.70. The van der Waals surface area contributed by atoms with Crippen LogP contribution >= 0.6 is 11.3 Å². The van der Waals surface area contributed by atoms with E-state index in [-0.39, 0.29) is 18.4 Å². The van der Waals surface area contributed by atoms with Gasteiger partial charge >= 0.3 is 5.97 Å². The Morgan fingerprint density at radius 1 is 1.03 bits per heavy atom. The zero-order valence-corrected chi connectivity index (χ0v) is 18.2. The lowest BCUT2D eigenvalue weighted by molar-refractivity contribution is -0.148. The summed E-state index contributed by atoms with van der Waals surface area (Å²) in [5.74, 6) is 0.256. The largest absolute Gasteiger partial charge is 0.497 e. The van der Waals surface area contributed by atoms with Gasteiger partial charge in [-0.2, -0.15) is 0 Å². The summed E-state index contributed by atoms with van der Waals surface area (Å²) in [4.78, 5) is 40.7. The highest BCUT2D eigenvalue weighted by atomic mass is 32.1. The van der Waals surface area contributed by atoms with E-state index in [0.717, 1.165) is 0 Å². The normalized spacial score (nSPS) is 13.9. The number of ether oxygens (including phenoxy) is 3. The average molecular weight is 445 g/mol. The first-order chi connectivity index (χ1) is 15.0. The molecule has 0 N–H and O–H groups in total. The Kier molecular flexibility index (Phi) is 7.66. The second kappa shape index (κ2) is 10.6. The highest BCUT2D eigenvalue weighted by molar-refractivity contribution is 7.12. The van der Waals surface area contributed by atoms with Crippen LogP contribution in [0.2, 0.25) is 0 Å². The summed E-state index contributed by atoms with van der Waals surface area (Å²) in [7, 11) is 3.08. The minimum atomic E-state index is -0.627. The quantitative estimate of drug-likeness (QED) is 0.481. The molecular formula is C22H24N2O6S. The van der Waals surface area contributed by atoms with Crippen molar-refractivity contribution >= 4 is 35.2 Å². The smallest absolute Gasteiger partial charge is 0.331 e. The minimum Gasteiger partial charge on any atom is -0.497 e. The molecule has 0 spiro atoms. The molecule has 9 heteroatoms. The summed E-state index contributed by atoms with van der Waals surface area (Å²) in [6.07, 6.45) is 2.80. The fourth-order valence-corrected chi connectivity index (χ4v) is 3.79. The Morgan fingerprint density at radius 3 is 2.42 bits per heavy atom. The average Bonchev–Trinajstić information content (AvgIpc) is 3.35. The molecule has 164 valence electrons. The molecule has 1 saturated heterocycles. The summed E-state index contributed by atoms with van der Waals surface area (Å²) < 4.78 is 15.5. The molecule has 0 bridgehead atoms. The van der Waals surface area contributed by atoms with Crippen molar-refractivity contribution in [3.05, 3.63) is 52.2 Å². The Balaban J connectivity index is 1.45. The van der Waals surface area contributed by atoms with Crippen molar-refractivity contribution in [1.29, 1.82) is 0 Å². The number of hydrogen-bond donors (Lipinski definition) is 0. The topological polar surface area (TPSA) is 85.4 Å². The lowest BCUT2D eigenvalue weighted by Gasteiger charge is -2.34. The molecule has 2 amide bonds. The van der Waals surface area contributed by atoms with Crippen LogP contribution in [0.25, 0.3) is 6.08 Å². The van der Waals surface area contributed by atoms with E-state index in [0.29, 0.717) is 48.1 Å². The van der Waals surface area contributed by atoms with Crippen LogP contribution in [0, 0.1) is 0 Å². The maximum Gasteiger partial charge on any atom is 0.331 e. The van der Waals surface area contributed by atoms with Crippen LogP contribution in [-0.2, 0) is 14.3 Å². The van der Waals surface area contributed by atoms with Gasteiger partial charge in [-0.25, -0.2) is 4.79 Å². The van der Waals surface area contributed by atoms with E-state index in [1.807, 2.05) is 11.4 Å². The fourth-order valence-electron chi connectivity index (χ4n) is 3.10. The SMILES string of the molecule is COc1ccc(/C=C/C(=O)OCC(=O)N2CCN(C(=O)c3cccs3)CC2)c(OC)c1. The maximum absolute atomic E-state index is 12.4. The predicted octanol–water partition coefficient (Wildman–Crippen LogP) is 2.31. The van der Waals surface area contributed by atoms with Gasteiger partial charge in [0.1, 0.15) is 11.5 Å². The summed E-state index contributed by atoms with van der Waals surface area (Å²) in [5, 5.41) is 1.86. The van der Waals surface area contributed by atoms with Gasteiger partial charge in [0.05, 0.1) is 19.1 Å². The van der Waals surface area contributed by atoms with Crippen molar-refractivity contribution < 1.29 is 28.6 Å². The molecule has 0 atom stereocenters. The molecule has 1 aromatic carbocycles. The Hall–Kier alpha value is -3.33. The Labute approximate surface area is 184 Å². The molecule has 1 aliphatic rings. The number of methoxy groups -OCH3 is 2. The van der Waals surface area contributed by atoms with Crippen molar-refractivity contribution in [2.24, 2.45) is 0 Å². The van der Waals surface area contributed by atoms with Crippen molar-refractivity contribution in [2.45, 2.75) is 0 Å². The van der Waals surface area contributed by atoms with Gasteiger partial charge in [-0.15, -0.1) is 11.3 Å². The summed E-state index contributed by atoms with van der Waals surface area (Å²) >= 11 is 1.40. The lowest BCUT2D eigenvalue weighted by Crippen LogP contribution is -2.51. The first-order valence-electron chi connectivity index (χ1n) is 9.69. The summed E-state index contributed by atoms with van der Waals surface area (Å²) in [6, 6.07) is 8.84. The number of rotatable bonds is 7. The molecule has 8 nitrogen and oxygen atoms in total. The number of carbonyl (C=O) groups excluding carboxylic acids is 3. The number of carbonyl (C=O) groups is 3. The van der Waals surface area contributed by atoms with E-state index in [1.54, 1.807) is 47.3 Å². The third-order valence-corrected chi connectivity index (χ3v) is 5.69. The molecule has 1 aromatic heterocycles. The van der Waals surface area contributed by atoms with E-state index in [2.05, 4.69) is 0 Å². The third kappa shape index (κ3) is 5.85. The number of thiophene rings is 1. The van der Waals surface area contributed by atoms with Crippen LogP contribution in [0.15, 0.2) is 41.8 Å². The van der Waals surface area contributed by atoms with E-state index in [1.165, 1.54) is 24.5 Å². The number of nitrogens with zero attached hydrogens (tertiary/aromatic N) is 2. The van der Waals surface area contributed by atoms with Gasteiger partial charge in [-0.05, 0) is 29.7 Å². The van der Waals surface area contributed by atoms with Crippen LogP contribution in [-0.4, -0.2) is 74.6 Å². The monoisotopic (exact) mass is 444 g/mol. The van der Waals surface area contributed by atoms with E-state index < -0.39 is 5.97 Å². The standard InChI is InChI=1S/C22H24N2O6S/c1-28-17-7-5-16(18(14-17)29-2)6-8-21(26)30-15-20(25)23-9-11-24(12-10-23)22(27)19-4-3-13-31-19/h3-8,13-14H,9-12,15H2,1-2H3/b8-6+. The first-order valence-corrected chi connectivity index (χ1v) is 10.6. The van der Waals surface area contributed by atoms with Crippen LogP contribution in [0.3, 0.4) is 0 Å². The predicted molar refractivity (Wildman–Crippen MR) is 116 cm³/mol. The number of amides is 2. The maximum atomic E-state index is 12.4. The van der Waals surface area contributed by atoms with Crippen molar-refractivity contribution in [1.82, 2.24) is 9.80 Å². The minimum absolute atomic E-state index is 0.0207. The summed E-state index contributed by atoms with van der Waals surface area (Å²) in [5.41, 5.74) is 0.679. The zero-order chi connectivity index (χ0) is 22.2. The molecular weight excluding hydrogens is 420 g/mol. The molecule has 31 heavy (non-hydrogen) atoms. The molecule has 3 rings (SSSR count). The number of piperazine rings is 1. The van der Waals surface area contributed by atoms with E-state index in [4.69, 9.17) is 14.2 Å². The van der Waals surface area contributed by atoms with Crippen LogP contribution in [0.4, 0.5) is 0 Å². The van der Waals surface area contributed by atoms with Gasteiger partial charge in [-0.1, -0.05) is 6.07 Å². The number of hydrogen-bond acceptors (Lipinski definition) is 7. The lowest BCUT2D eigenvalue weighted by atomic mass is 10.2.